The largest absolute Gasteiger partial charge is 0.495 e. The van der Waals surface area contributed by atoms with Crippen LogP contribution in [-0.4, -0.2) is 182 Å². The zero-order valence-corrected chi connectivity index (χ0v) is 42.7. The molecule has 3 aliphatic heterocycles. The number of pyridine rings is 1. The molecule has 4 heterocycles. The van der Waals surface area contributed by atoms with Crippen molar-refractivity contribution in [3.05, 3.63) is 75.4 Å². The molecular weight excluding hydrogens is 988 g/mol. The Bertz CT molecular complexity index is 2590. The van der Waals surface area contributed by atoms with Crippen LogP contribution in [0.5, 0.6) is 17.2 Å². The Morgan fingerprint density at radius 2 is 1.36 bits per heavy atom. The number of methoxy groups -OCH3 is 2. The van der Waals surface area contributed by atoms with E-state index in [1.165, 1.54) is 13.3 Å². The molecule has 3 aliphatic rings. The molecule has 4 amide bonds. The molecule has 0 spiro atoms. The van der Waals surface area contributed by atoms with Crippen LogP contribution < -0.4 is 30.2 Å². The summed E-state index contributed by atoms with van der Waals surface area (Å²) in [5, 5.41) is 19.9. The molecule has 0 saturated carbocycles. The standard InChI is InChI=1S/C51H62Cl2N8O12/c1-66-43-31-41(37(52)29-38(43)53)57-48-34(32-54)33-56-40-30-45(44(67-2)28-36(40)48)73-18-5-12-60-15-13-59(14-16-60)11-4-17-68-20-22-70-24-26-72-27-25-71-23-21-69-19-10-55-39-7-3-6-35-47(39)51(65)61(50(35)64)42-8-9-46(62)58-49(42)63/h3,6-7,28-31,33,42,55H,4-5,8-27H2,1-2H3,(H,56,57)(H,58,62,63). The fourth-order valence-corrected chi connectivity index (χ4v) is 9.11. The van der Waals surface area contributed by atoms with Gasteiger partial charge in [-0.25, -0.2) is 0 Å². The van der Waals surface area contributed by atoms with E-state index in [2.05, 4.69) is 36.8 Å². The van der Waals surface area contributed by atoms with Crippen LogP contribution in [0.4, 0.5) is 17.1 Å². The van der Waals surface area contributed by atoms with Gasteiger partial charge in [0.2, 0.25) is 11.8 Å². The number of imide groups is 2. The van der Waals surface area contributed by atoms with Crippen LogP contribution in [0.2, 0.25) is 10.0 Å². The molecule has 73 heavy (non-hydrogen) atoms. The molecular formula is C51H62Cl2N8O12. The highest BCUT2D eigenvalue weighted by molar-refractivity contribution is 6.37. The van der Waals surface area contributed by atoms with Gasteiger partial charge in [0, 0.05) is 88.2 Å². The van der Waals surface area contributed by atoms with Gasteiger partial charge in [-0.2, -0.15) is 5.26 Å². The lowest BCUT2D eigenvalue weighted by Crippen LogP contribution is -2.54. The lowest BCUT2D eigenvalue weighted by Gasteiger charge is -2.34. The van der Waals surface area contributed by atoms with Crippen molar-refractivity contribution in [1.29, 1.82) is 5.26 Å². The van der Waals surface area contributed by atoms with Crippen LogP contribution in [0.3, 0.4) is 0 Å². The number of hydrogen-bond donors (Lipinski definition) is 3. The van der Waals surface area contributed by atoms with Crippen molar-refractivity contribution >= 4 is 74.8 Å². The minimum atomic E-state index is -1.02. The Morgan fingerprint density at radius 1 is 0.726 bits per heavy atom. The molecule has 2 fully saturated rings. The maximum absolute atomic E-state index is 13.2. The second-order valence-corrected chi connectivity index (χ2v) is 18.0. The van der Waals surface area contributed by atoms with Crippen LogP contribution in [0.1, 0.15) is 52.0 Å². The average Bonchev–Trinajstić information content (AvgIpc) is 3.65. The number of piperidine rings is 1. The first-order valence-corrected chi connectivity index (χ1v) is 25.1. The first kappa shape index (κ1) is 54.9. The van der Waals surface area contributed by atoms with Gasteiger partial charge in [0.25, 0.3) is 11.8 Å². The van der Waals surface area contributed by atoms with Gasteiger partial charge >= 0.3 is 0 Å². The number of carbonyl (C=O) groups is 4. The highest BCUT2D eigenvalue weighted by atomic mass is 35.5. The SMILES string of the molecule is COc1cc(Nc2c(C#N)cnc3cc(OCCCN4CCN(CCCOCCOCCOCCOCCOCCNc5cccc6c5C(=O)N(C5CCC(=O)NC5=O)C6=O)CC4)c(OC)cc23)c(Cl)cc1Cl. The van der Waals surface area contributed by atoms with Crippen LogP contribution in [0.15, 0.2) is 48.7 Å². The van der Waals surface area contributed by atoms with Crippen molar-refractivity contribution in [2.75, 3.05) is 143 Å². The third-order valence-corrected chi connectivity index (χ3v) is 13.0. The van der Waals surface area contributed by atoms with Gasteiger partial charge < -0.3 is 58.3 Å². The highest BCUT2D eigenvalue weighted by Crippen LogP contribution is 2.41. The van der Waals surface area contributed by atoms with Gasteiger partial charge in [-0.05, 0) is 43.5 Å². The van der Waals surface area contributed by atoms with Crippen LogP contribution in [-0.2, 0) is 33.3 Å². The summed E-state index contributed by atoms with van der Waals surface area (Å²) in [6, 6.07) is 13.0. The number of halogens is 2. The Morgan fingerprint density at radius 3 is 1.99 bits per heavy atom. The van der Waals surface area contributed by atoms with Gasteiger partial charge in [-0.1, -0.05) is 29.3 Å². The van der Waals surface area contributed by atoms with Crippen molar-refractivity contribution in [2.24, 2.45) is 0 Å². The molecule has 0 radical (unpaired) electrons. The zero-order valence-electron chi connectivity index (χ0n) is 41.1. The van der Waals surface area contributed by atoms with Gasteiger partial charge in [0.1, 0.15) is 17.9 Å². The summed E-state index contributed by atoms with van der Waals surface area (Å²) in [5.74, 6) is -0.645. The highest BCUT2D eigenvalue weighted by Gasteiger charge is 2.45. The summed E-state index contributed by atoms with van der Waals surface area (Å²) >= 11 is 12.7. The lowest BCUT2D eigenvalue weighted by atomic mass is 10.0. The number of fused-ring (bicyclic) bond motifs is 2. The minimum absolute atomic E-state index is 0.0612. The lowest BCUT2D eigenvalue weighted by molar-refractivity contribution is -0.136. The molecule has 2 saturated heterocycles. The second-order valence-electron chi connectivity index (χ2n) is 17.2. The summed E-state index contributed by atoms with van der Waals surface area (Å²) in [7, 11) is 3.10. The molecule has 7 rings (SSSR count). The Labute approximate surface area is 434 Å². The number of amides is 4. The van der Waals surface area contributed by atoms with Crippen molar-refractivity contribution in [3.8, 4) is 23.3 Å². The van der Waals surface area contributed by atoms with E-state index >= 15 is 0 Å². The van der Waals surface area contributed by atoms with E-state index in [-0.39, 0.29) is 24.0 Å². The molecule has 3 N–H and O–H groups in total. The molecule has 392 valence electrons. The number of nitrogens with one attached hydrogen (secondary N) is 3. The first-order valence-electron chi connectivity index (χ1n) is 24.4. The average molecular weight is 1050 g/mol. The fourth-order valence-electron chi connectivity index (χ4n) is 8.61. The topological polar surface area (TPSA) is 225 Å². The van der Waals surface area contributed by atoms with E-state index in [4.69, 9.17) is 61.1 Å². The van der Waals surface area contributed by atoms with Crippen LogP contribution >= 0.6 is 23.2 Å². The predicted molar refractivity (Wildman–Crippen MR) is 273 cm³/mol. The predicted octanol–water partition coefficient (Wildman–Crippen LogP) is 5.55. The van der Waals surface area contributed by atoms with E-state index in [9.17, 15) is 24.4 Å². The Hall–Kier alpha value is -5.86. The summed E-state index contributed by atoms with van der Waals surface area (Å²) < 4.78 is 45.5. The number of aromatic nitrogens is 1. The van der Waals surface area contributed by atoms with E-state index in [0.29, 0.717) is 140 Å². The van der Waals surface area contributed by atoms with E-state index in [0.717, 1.165) is 57.0 Å². The smallest absolute Gasteiger partial charge is 0.264 e. The molecule has 20 nitrogen and oxygen atoms in total. The van der Waals surface area contributed by atoms with Crippen LogP contribution in [0.25, 0.3) is 10.9 Å². The minimum Gasteiger partial charge on any atom is -0.495 e. The molecule has 1 aromatic heterocycles. The number of anilines is 3. The Balaban J connectivity index is 0.659. The summed E-state index contributed by atoms with van der Waals surface area (Å²) in [6.45, 7) is 11.4. The normalized spacial score (nSPS) is 16.2. The Kier molecular flexibility index (Phi) is 21.0. The van der Waals surface area contributed by atoms with Crippen molar-refractivity contribution in [2.45, 2.75) is 31.7 Å². The molecule has 1 unspecified atom stereocenters. The summed E-state index contributed by atoms with van der Waals surface area (Å²) in [4.78, 5) is 60.6. The van der Waals surface area contributed by atoms with Crippen molar-refractivity contribution < 1.29 is 57.1 Å². The van der Waals surface area contributed by atoms with Gasteiger partial charge in [0.15, 0.2) is 11.5 Å². The number of carbonyl (C=O) groups excluding carboxylic acids is 4. The second kappa shape index (κ2) is 28.0. The number of benzene rings is 3. The van der Waals surface area contributed by atoms with Crippen molar-refractivity contribution in [1.82, 2.24) is 25.0 Å². The molecule has 0 bridgehead atoms. The number of nitriles is 1. The maximum Gasteiger partial charge on any atom is 0.264 e. The molecule has 1 atom stereocenters. The van der Waals surface area contributed by atoms with Crippen molar-refractivity contribution in [3.63, 3.8) is 0 Å². The third-order valence-electron chi connectivity index (χ3n) is 12.4. The third kappa shape index (κ3) is 14.9. The quantitative estimate of drug-likeness (QED) is 0.0430. The number of ether oxygens (including phenoxy) is 8. The monoisotopic (exact) mass is 1050 g/mol. The molecule has 22 heteroatoms. The number of rotatable bonds is 30. The molecule has 4 aromatic rings. The van der Waals surface area contributed by atoms with Gasteiger partial charge in [0.05, 0.1) is 124 Å². The summed E-state index contributed by atoms with van der Waals surface area (Å²) in [6.07, 6.45) is 3.47. The first-order chi connectivity index (χ1) is 35.6. The van der Waals surface area contributed by atoms with Crippen LogP contribution in [0, 0.1) is 11.3 Å². The number of piperazine rings is 1. The fraction of sp³-hybridized carbons (Fsp3) is 0.490. The maximum atomic E-state index is 13.2. The number of hydrogen-bond acceptors (Lipinski definition) is 18. The van der Waals surface area contributed by atoms with E-state index < -0.39 is 29.7 Å². The van der Waals surface area contributed by atoms with E-state index in [1.54, 1.807) is 37.4 Å². The zero-order chi connectivity index (χ0) is 51.5. The summed E-state index contributed by atoms with van der Waals surface area (Å²) in [5.41, 5.74) is 2.90. The molecule has 3 aromatic carbocycles. The molecule has 0 aliphatic carbocycles. The van der Waals surface area contributed by atoms with Gasteiger partial charge in [-0.15, -0.1) is 0 Å². The van der Waals surface area contributed by atoms with E-state index in [1.807, 2.05) is 12.1 Å². The number of nitrogens with zero attached hydrogens (tertiary/aromatic N) is 5. The van der Waals surface area contributed by atoms with Gasteiger partial charge in [-0.3, -0.25) is 34.4 Å².